The molecule has 0 aliphatic heterocycles. The first-order valence-electron chi connectivity index (χ1n) is 1.38. The molecule has 0 fully saturated rings. The first-order valence-corrected chi connectivity index (χ1v) is 1.38. The average Bonchev–Trinajstić information content (AvgIpc) is 1.76. The van der Waals surface area contributed by atoms with E-state index in [0.717, 1.165) is 0 Å². The van der Waals surface area contributed by atoms with E-state index in [0.29, 0.717) is 0 Å². The molecule has 0 atom stereocenters. The molecule has 0 bridgehead atoms. The van der Waals surface area contributed by atoms with Crippen molar-refractivity contribution in [3.05, 3.63) is 18.9 Å². The summed E-state index contributed by atoms with van der Waals surface area (Å²) in [5, 5.41) is 0. The number of rotatable bonds is 0. The average molecular weight is 126 g/mol. The normalized spacial score (nSPS) is 5.71. The summed E-state index contributed by atoms with van der Waals surface area (Å²) in [5.74, 6) is 0. The fourth-order valence-electron chi connectivity index (χ4n) is 0.196. The van der Waals surface area contributed by atoms with Gasteiger partial charge in [-0.05, 0) is 0 Å². The molecule has 1 aromatic heterocycles. The van der Waals surface area contributed by atoms with Crippen LogP contribution < -0.4 is 4.98 Å². The van der Waals surface area contributed by atoms with Crippen molar-refractivity contribution in [1.82, 2.24) is 0 Å². The van der Waals surface area contributed by atoms with Gasteiger partial charge < -0.3 is 9.89 Å². The summed E-state index contributed by atoms with van der Waals surface area (Å²) < 4.78 is 4.53. The minimum Gasteiger partial charge on any atom is -0.870 e. The van der Waals surface area contributed by atoms with E-state index >= 15 is 0 Å². The summed E-state index contributed by atoms with van der Waals surface area (Å²) in [6, 6.07) is 0. The largest absolute Gasteiger partial charge is 0.870 e. The van der Waals surface area contributed by atoms with Crippen LogP contribution in [-0.2, 0) is 0 Å². The molecule has 7 heavy (non-hydrogen) atoms. The Morgan fingerprint density at radius 1 is 1.43 bits per heavy atom. The van der Waals surface area contributed by atoms with Crippen LogP contribution in [0.5, 0.6) is 0 Å². The molecule has 1 rings (SSSR count). The summed E-state index contributed by atoms with van der Waals surface area (Å²) in [7, 11) is 0. The predicted octanol–water partition coefficient (Wildman–Crippen LogP) is -0.464. The first-order chi connectivity index (χ1) is 2.50. The third kappa shape index (κ3) is 4.66. The second kappa shape index (κ2) is 6.81. The number of oxazole rings is 1. The van der Waals surface area contributed by atoms with Gasteiger partial charge >= 0.3 is 6.39 Å². The molecule has 0 spiro atoms. The van der Waals surface area contributed by atoms with E-state index in [1.54, 1.807) is 12.5 Å². The summed E-state index contributed by atoms with van der Waals surface area (Å²) in [5.41, 5.74) is 0. The van der Waals surface area contributed by atoms with Gasteiger partial charge in [-0.2, -0.15) is 4.98 Å². The smallest absolute Gasteiger partial charge is 0.332 e. The van der Waals surface area contributed by atoms with E-state index in [1.165, 1.54) is 6.39 Å². The summed E-state index contributed by atoms with van der Waals surface area (Å²) in [4.78, 5) is 2.69. The van der Waals surface area contributed by atoms with Gasteiger partial charge in [-0.25, -0.2) is 0 Å². The second-order valence-corrected chi connectivity index (χ2v) is 0.723. The van der Waals surface area contributed by atoms with Crippen LogP contribution in [0.3, 0.4) is 0 Å². The van der Waals surface area contributed by atoms with Crippen LogP contribution in [0.2, 0.25) is 0 Å². The van der Waals surface area contributed by atoms with Crippen molar-refractivity contribution < 1.29 is 14.9 Å². The van der Waals surface area contributed by atoms with Crippen molar-refractivity contribution in [3.8, 4) is 0 Å². The molecular weight excluding hydrogens is 121 g/mol. The molecule has 0 saturated heterocycles. The third-order valence-corrected chi connectivity index (χ3v) is 0.379. The molecule has 2 N–H and O–H groups in total. The van der Waals surface area contributed by atoms with Gasteiger partial charge in [0.2, 0.25) is 6.20 Å². The molecule has 0 unspecified atom stereocenters. The van der Waals surface area contributed by atoms with E-state index < -0.39 is 0 Å². The second-order valence-electron chi connectivity index (χ2n) is 0.723. The van der Waals surface area contributed by atoms with Crippen LogP contribution in [0.25, 0.3) is 0 Å². The van der Waals surface area contributed by atoms with E-state index in [-0.39, 0.29) is 56.9 Å². The quantitative estimate of drug-likeness (QED) is 0.441. The molecule has 3 nitrogen and oxygen atoms in total. The first kappa shape index (κ1) is 10.7. The van der Waals surface area contributed by atoms with Gasteiger partial charge in [0.1, 0.15) is 0 Å². The van der Waals surface area contributed by atoms with Crippen LogP contribution >= 0.6 is 0 Å². The molecule has 0 aliphatic carbocycles. The Hall–Kier alpha value is 0.806. The third-order valence-electron chi connectivity index (χ3n) is 0.379. The zero-order chi connectivity index (χ0) is 3.54. The van der Waals surface area contributed by atoms with Gasteiger partial charge in [-0.3, -0.25) is 0 Å². The molecular formula is C3H5KNO2. The van der Waals surface area contributed by atoms with Gasteiger partial charge in [0.25, 0.3) is 0 Å². The van der Waals surface area contributed by atoms with Crippen molar-refractivity contribution in [2.45, 2.75) is 0 Å². The molecule has 1 aromatic rings. The maximum Gasteiger partial charge on any atom is 0.332 e. The molecule has 0 saturated carbocycles. The van der Waals surface area contributed by atoms with Gasteiger partial charge in [0, 0.05) is 51.4 Å². The summed E-state index contributed by atoms with van der Waals surface area (Å²) in [6.45, 7) is 0. The van der Waals surface area contributed by atoms with E-state index in [1.807, 2.05) is 0 Å². The van der Waals surface area contributed by atoms with Gasteiger partial charge in [-0.1, -0.05) is 0 Å². The number of aromatic amines is 1. The minimum absolute atomic E-state index is 0. The van der Waals surface area contributed by atoms with E-state index in [4.69, 9.17) is 0 Å². The standard InChI is InChI=1S/C3H3NO.K.H2O/c1-2-5-3-4-1;;/h1-3H;;1H2. The Balaban J connectivity index is 0. The molecule has 4 heteroatoms. The van der Waals surface area contributed by atoms with Crippen molar-refractivity contribution >= 4 is 51.4 Å². The Morgan fingerprint density at radius 3 is 2.29 bits per heavy atom. The zero-order valence-corrected chi connectivity index (χ0v) is 7.21. The molecule has 0 amide bonds. The van der Waals surface area contributed by atoms with Crippen molar-refractivity contribution in [2.75, 3.05) is 0 Å². The van der Waals surface area contributed by atoms with Gasteiger partial charge in [0.15, 0.2) is 6.26 Å². The topological polar surface area (TPSA) is 57.3 Å². The number of nitrogens with one attached hydrogen (secondary N) is 1. The van der Waals surface area contributed by atoms with E-state index in [9.17, 15) is 0 Å². The van der Waals surface area contributed by atoms with Crippen molar-refractivity contribution in [2.24, 2.45) is 0 Å². The SMILES string of the molecule is [K].[OH-].c1coc[nH+]1. The fourth-order valence-corrected chi connectivity index (χ4v) is 0.196. The van der Waals surface area contributed by atoms with Crippen LogP contribution in [-0.4, -0.2) is 56.9 Å². The molecule has 0 aromatic carbocycles. The van der Waals surface area contributed by atoms with Crippen molar-refractivity contribution in [1.29, 1.82) is 0 Å². The monoisotopic (exact) mass is 126 g/mol. The number of H-pyrrole nitrogens is 1. The van der Waals surface area contributed by atoms with E-state index in [2.05, 4.69) is 9.40 Å². The molecule has 1 radical (unpaired) electrons. The summed E-state index contributed by atoms with van der Waals surface area (Å²) in [6.07, 6.45) is 4.78. The minimum atomic E-state index is 0. The fraction of sp³-hybridized carbons (Fsp3) is 0. The Bertz CT molecular complexity index is 69.4. The summed E-state index contributed by atoms with van der Waals surface area (Å²) >= 11 is 0. The van der Waals surface area contributed by atoms with Crippen LogP contribution in [0.1, 0.15) is 0 Å². The van der Waals surface area contributed by atoms with Crippen LogP contribution in [0.15, 0.2) is 23.3 Å². The number of hydrogen-bond donors (Lipinski definition) is 0. The van der Waals surface area contributed by atoms with Crippen LogP contribution in [0, 0.1) is 0 Å². The van der Waals surface area contributed by atoms with Crippen LogP contribution in [0.4, 0.5) is 0 Å². The van der Waals surface area contributed by atoms with Crippen molar-refractivity contribution in [3.63, 3.8) is 0 Å². The van der Waals surface area contributed by atoms with Gasteiger partial charge in [0.05, 0.1) is 0 Å². The Labute approximate surface area is 83.8 Å². The maximum atomic E-state index is 4.53. The molecule has 0 aliphatic rings. The molecule has 1 heterocycles. The van der Waals surface area contributed by atoms with Gasteiger partial charge in [-0.15, -0.1) is 0 Å². The number of hydrogen-bond acceptors (Lipinski definition) is 2. The Kier molecular flexibility index (Phi) is 10.4. The Morgan fingerprint density at radius 2 is 2.14 bits per heavy atom. The molecule has 35 valence electrons. The maximum absolute atomic E-state index is 4.53. The zero-order valence-electron chi connectivity index (χ0n) is 4.09. The number of aromatic nitrogens is 1. The predicted molar refractivity (Wildman–Crippen MR) is 23.0 cm³/mol.